The van der Waals surface area contributed by atoms with Crippen LogP contribution in [0.1, 0.15) is 41.5 Å². The maximum Gasteiger partial charge on any atom is 0.435 e. The van der Waals surface area contributed by atoms with Gasteiger partial charge in [-0.1, -0.05) is 0 Å². The number of amides is 1. The van der Waals surface area contributed by atoms with E-state index in [2.05, 4.69) is 15.4 Å². The molecule has 1 aliphatic carbocycles. The third-order valence-electron chi connectivity index (χ3n) is 4.66. The molecule has 128 valence electrons. The van der Waals surface area contributed by atoms with Crippen LogP contribution in [0.25, 0.3) is 0 Å². The number of halogens is 3. The molecule has 2 aromatic heterocycles. The molecule has 0 radical (unpaired) electrons. The molecule has 0 saturated heterocycles. The molecule has 0 bridgehead atoms. The molecule has 9 heteroatoms. The van der Waals surface area contributed by atoms with E-state index in [0.29, 0.717) is 25.0 Å². The molecule has 24 heavy (non-hydrogen) atoms. The van der Waals surface area contributed by atoms with Crippen molar-refractivity contribution in [3.05, 3.63) is 35.2 Å². The number of carbonyl (C=O) groups is 1. The predicted molar refractivity (Wildman–Crippen MR) is 77.0 cm³/mol. The van der Waals surface area contributed by atoms with E-state index in [1.165, 1.54) is 4.68 Å². The van der Waals surface area contributed by atoms with E-state index in [9.17, 15) is 18.0 Å². The van der Waals surface area contributed by atoms with E-state index < -0.39 is 11.9 Å². The second-order valence-electron chi connectivity index (χ2n) is 6.20. The minimum absolute atomic E-state index is 0.148. The van der Waals surface area contributed by atoms with Gasteiger partial charge in [0.2, 0.25) is 5.91 Å². The van der Waals surface area contributed by atoms with Gasteiger partial charge in [0.05, 0.1) is 24.3 Å². The summed E-state index contributed by atoms with van der Waals surface area (Å²) >= 11 is 0. The maximum absolute atomic E-state index is 13.1. The summed E-state index contributed by atoms with van der Waals surface area (Å²) < 4.78 is 42.4. The van der Waals surface area contributed by atoms with Crippen LogP contribution in [0.4, 0.5) is 13.2 Å². The topological polar surface area (TPSA) is 64.7 Å². The zero-order chi connectivity index (χ0) is 16.9. The Kier molecular flexibility index (Phi) is 3.40. The molecule has 2 aliphatic rings. The van der Waals surface area contributed by atoms with Crippen molar-refractivity contribution in [2.75, 3.05) is 0 Å². The first-order chi connectivity index (χ1) is 11.4. The number of nitrogens with zero attached hydrogens (tertiary/aromatic N) is 4. The largest absolute Gasteiger partial charge is 0.435 e. The van der Waals surface area contributed by atoms with E-state index in [4.69, 9.17) is 0 Å². The van der Waals surface area contributed by atoms with Gasteiger partial charge in [-0.3, -0.25) is 9.48 Å². The average Bonchev–Trinajstić information content (AvgIpc) is 3.21. The quantitative estimate of drug-likeness (QED) is 0.928. The lowest BCUT2D eigenvalue weighted by atomic mass is 10.2. The van der Waals surface area contributed by atoms with Gasteiger partial charge in [0.1, 0.15) is 6.54 Å². The van der Waals surface area contributed by atoms with Gasteiger partial charge in [0.15, 0.2) is 5.69 Å². The van der Waals surface area contributed by atoms with Gasteiger partial charge >= 0.3 is 6.18 Å². The number of rotatable bonds is 3. The number of hydrogen-bond donors (Lipinski definition) is 1. The van der Waals surface area contributed by atoms with Crippen LogP contribution in [0.5, 0.6) is 0 Å². The highest BCUT2D eigenvalue weighted by atomic mass is 19.4. The molecule has 0 aromatic carbocycles. The van der Waals surface area contributed by atoms with Crippen molar-refractivity contribution in [2.24, 2.45) is 0 Å². The molecule has 0 saturated carbocycles. The van der Waals surface area contributed by atoms with Crippen molar-refractivity contribution in [1.82, 2.24) is 24.6 Å². The van der Waals surface area contributed by atoms with Gasteiger partial charge in [0, 0.05) is 17.8 Å². The number of alkyl halides is 3. The van der Waals surface area contributed by atoms with Crippen LogP contribution in [0.15, 0.2) is 12.5 Å². The number of fused-ring (bicyclic) bond motifs is 2. The highest BCUT2D eigenvalue weighted by molar-refractivity contribution is 5.76. The first-order valence-electron chi connectivity index (χ1n) is 7.88. The Morgan fingerprint density at radius 2 is 2.21 bits per heavy atom. The van der Waals surface area contributed by atoms with Gasteiger partial charge in [0.25, 0.3) is 0 Å². The van der Waals surface area contributed by atoms with E-state index in [1.807, 2.05) is 4.57 Å². The lowest BCUT2D eigenvalue weighted by molar-refractivity contribution is -0.142. The van der Waals surface area contributed by atoms with Gasteiger partial charge in [-0.25, -0.2) is 4.98 Å². The van der Waals surface area contributed by atoms with E-state index in [-0.39, 0.29) is 24.1 Å². The number of nitrogens with one attached hydrogen (secondary N) is 1. The number of aromatic nitrogens is 4. The van der Waals surface area contributed by atoms with Crippen LogP contribution in [0.3, 0.4) is 0 Å². The first kappa shape index (κ1) is 15.2. The summed E-state index contributed by atoms with van der Waals surface area (Å²) in [6.07, 6.45) is 1.25. The van der Waals surface area contributed by atoms with Gasteiger partial charge in [-0.05, 0) is 25.7 Å². The van der Waals surface area contributed by atoms with Crippen LogP contribution >= 0.6 is 0 Å². The predicted octanol–water partition coefficient (Wildman–Crippen LogP) is 1.85. The van der Waals surface area contributed by atoms with E-state index in [1.54, 1.807) is 12.5 Å². The summed E-state index contributed by atoms with van der Waals surface area (Å²) in [5.41, 5.74) is 0.856. The number of hydrogen-bond acceptors (Lipinski definition) is 3. The number of aryl methyl sites for hydroxylation is 1. The molecule has 6 nitrogen and oxygen atoms in total. The van der Waals surface area contributed by atoms with Crippen molar-refractivity contribution in [3.63, 3.8) is 0 Å². The molecular formula is C15H16F3N5O. The Hall–Kier alpha value is -2.32. The Balaban J connectivity index is 1.51. The van der Waals surface area contributed by atoms with Crippen LogP contribution in [0.2, 0.25) is 0 Å². The molecule has 0 spiro atoms. The standard InChI is InChI=1S/C15H16F3N5O/c16-15(17,18)14-9-2-1-3-11(9)23(21-14)7-13(24)20-10-4-5-22-8-19-6-12(10)22/h6,8,10H,1-5,7H2,(H,20,24). The monoisotopic (exact) mass is 339 g/mol. The molecule has 1 amide bonds. The zero-order valence-electron chi connectivity index (χ0n) is 12.8. The lowest BCUT2D eigenvalue weighted by Crippen LogP contribution is -2.31. The summed E-state index contributed by atoms with van der Waals surface area (Å²) in [5, 5.41) is 6.53. The van der Waals surface area contributed by atoms with Crippen LogP contribution in [-0.2, 0) is 36.9 Å². The van der Waals surface area contributed by atoms with Crippen molar-refractivity contribution in [3.8, 4) is 0 Å². The second-order valence-corrected chi connectivity index (χ2v) is 6.20. The van der Waals surface area contributed by atoms with Crippen molar-refractivity contribution < 1.29 is 18.0 Å². The van der Waals surface area contributed by atoms with E-state index >= 15 is 0 Å². The molecule has 1 unspecified atom stereocenters. The molecule has 1 atom stereocenters. The molecule has 1 aliphatic heterocycles. The SMILES string of the molecule is O=C(Cn1nc(C(F)(F)F)c2c1CCC2)NC1CCn2cncc21. The minimum atomic E-state index is -4.48. The number of imidazole rings is 1. The molecule has 0 fully saturated rings. The normalized spacial score (nSPS) is 19.4. The summed E-state index contributed by atoms with van der Waals surface area (Å²) in [6.45, 7) is 0.582. The molecular weight excluding hydrogens is 323 g/mol. The molecule has 2 aromatic rings. The fourth-order valence-electron chi connectivity index (χ4n) is 3.61. The zero-order valence-corrected chi connectivity index (χ0v) is 12.8. The smallest absolute Gasteiger partial charge is 0.346 e. The molecule has 3 heterocycles. The van der Waals surface area contributed by atoms with Gasteiger partial charge < -0.3 is 9.88 Å². The van der Waals surface area contributed by atoms with Crippen LogP contribution < -0.4 is 5.32 Å². The van der Waals surface area contributed by atoms with Crippen LogP contribution in [0, 0.1) is 0 Å². The van der Waals surface area contributed by atoms with E-state index in [0.717, 1.165) is 18.7 Å². The third kappa shape index (κ3) is 2.47. The highest BCUT2D eigenvalue weighted by Gasteiger charge is 2.40. The Labute approximate surface area is 135 Å². The number of carbonyl (C=O) groups excluding carboxylic acids is 1. The second kappa shape index (κ2) is 5.35. The fraction of sp³-hybridized carbons (Fsp3) is 0.533. The molecule has 4 rings (SSSR count). The summed E-state index contributed by atoms with van der Waals surface area (Å²) in [6, 6.07) is -0.148. The molecule has 1 N–H and O–H groups in total. The Morgan fingerprint density at radius 3 is 3.00 bits per heavy atom. The minimum Gasteiger partial charge on any atom is -0.346 e. The summed E-state index contributed by atoms with van der Waals surface area (Å²) in [4.78, 5) is 16.3. The summed E-state index contributed by atoms with van der Waals surface area (Å²) in [7, 11) is 0. The van der Waals surface area contributed by atoms with Crippen LogP contribution in [-0.4, -0.2) is 25.2 Å². The van der Waals surface area contributed by atoms with Gasteiger partial charge in [-0.2, -0.15) is 18.3 Å². The average molecular weight is 339 g/mol. The first-order valence-corrected chi connectivity index (χ1v) is 7.88. The summed E-state index contributed by atoms with van der Waals surface area (Å²) in [5.74, 6) is -0.333. The third-order valence-corrected chi connectivity index (χ3v) is 4.66. The highest BCUT2D eigenvalue weighted by Crippen LogP contribution is 2.36. The fourth-order valence-corrected chi connectivity index (χ4v) is 3.61. The lowest BCUT2D eigenvalue weighted by Gasteiger charge is -2.13. The Bertz CT molecular complexity index is 792. The maximum atomic E-state index is 13.1. The van der Waals surface area contributed by atoms with Crippen molar-refractivity contribution >= 4 is 5.91 Å². The van der Waals surface area contributed by atoms with Crippen molar-refractivity contribution in [2.45, 2.75) is 51.0 Å². The Morgan fingerprint density at radius 1 is 1.38 bits per heavy atom. The van der Waals surface area contributed by atoms with Crippen molar-refractivity contribution in [1.29, 1.82) is 0 Å². The van der Waals surface area contributed by atoms with Gasteiger partial charge in [-0.15, -0.1) is 0 Å².